The molecule has 0 saturated heterocycles. The lowest BCUT2D eigenvalue weighted by molar-refractivity contribution is -0.170. The van der Waals surface area contributed by atoms with Crippen molar-refractivity contribution in [3.05, 3.63) is 35.9 Å². The molecular formula is C26H38N2O. The molecule has 4 unspecified atom stereocenters. The Bertz CT molecular complexity index is 768. The van der Waals surface area contributed by atoms with Crippen molar-refractivity contribution < 1.29 is 4.79 Å². The van der Waals surface area contributed by atoms with Crippen LogP contribution in [0.3, 0.4) is 0 Å². The summed E-state index contributed by atoms with van der Waals surface area (Å²) in [6.45, 7) is 4.81. The highest BCUT2D eigenvalue weighted by Gasteiger charge is 2.66. The van der Waals surface area contributed by atoms with E-state index in [1.165, 1.54) is 24.8 Å². The topological polar surface area (TPSA) is 55.1 Å². The molecule has 5 aliphatic rings. The lowest BCUT2D eigenvalue weighted by Crippen LogP contribution is -2.64. The minimum Gasteiger partial charge on any atom is -0.353 e. The van der Waals surface area contributed by atoms with Gasteiger partial charge in [0.25, 0.3) is 0 Å². The van der Waals surface area contributed by atoms with Crippen LogP contribution in [0, 0.1) is 22.7 Å². The Morgan fingerprint density at radius 1 is 1.00 bits per heavy atom. The van der Waals surface area contributed by atoms with E-state index in [9.17, 15) is 4.79 Å². The first-order valence-electron chi connectivity index (χ1n) is 12.0. The summed E-state index contributed by atoms with van der Waals surface area (Å²) in [5.41, 5.74) is 7.92. The van der Waals surface area contributed by atoms with Gasteiger partial charge in [0.15, 0.2) is 0 Å². The van der Waals surface area contributed by atoms with Crippen LogP contribution in [0.15, 0.2) is 30.3 Å². The molecule has 5 aliphatic carbocycles. The van der Waals surface area contributed by atoms with Gasteiger partial charge < -0.3 is 11.1 Å². The van der Waals surface area contributed by atoms with Gasteiger partial charge in [-0.15, -0.1) is 0 Å². The van der Waals surface area contributed by atoms with E-state index in [-0.39, 0.29) is 10.8 Å². The molecule has 1 aromatic rings. The van der Waals surface area contributed by atoms with Crippen LogP contribution in [0.1, 0.15) is 83.6 Å². The number of hydrogen-bond donors (Lipinski definition) is 2. The fraction of sp³-hybridized carbons (Fsp3) is 0.731. The van der Waals surface area contributed by atoms with Gasteiger partial charge in [0.05, 0.1) is 5.41 Å². The molecule has 4 atom stereocenters. The molecule has 29 heavy (non-hydrogen) atoms. The second-order valence-corrected chi connectivity index (χ2v) is 11.5. The number of hydrogen-bond acceptors (Lipinski definition) is 2. The maximum Gasteiger partial charge on any atom is 0.226 e. The fourth-order valence-corrected chi connectivity index (χ4v) is 8.13. The highest BCUT2D eigenvalue weighted by Crippen LogP contribution is 2.71. The maximum atomic E-state index is 13.8. The van der Waals surface area contributed by atoms with E-state index in [0.29, 0.717) is 35.2 Å². The van der Waals surface area contributed by atoms with Crippen molar-refractivity contribution in [2.75, 3.05) is 0 Å². The normalized spacial score (nSPS) is 43.5. The Morgan fingerprint density at radius 2 is 1.72 bits per heavy atom. The molecule has 5 saturated carbocycles. The van der Waals surface area contributed by atoms with Gasteiger partial charge in [-0.25, -0.2) is 0 Å². The van der Waals surface area contributed by atoms with Gasteiger partial charge in [0, 0.05) is 12.1 Å². The van der Waals surface area contributed by atoms with Crippen LogP contribution in [-0.4, -0.2) is 18.0 Å². The number of nitrogens with one attached hydrogen (secondary N) is 1. The van der Waals surface area contributed by atoms with E-state index in [2.05, 4.69) is 49.5 Å². The Hall–Kier alpha value is -1.35. The van der Waals surface area contributed by atoms with E-state index in [4.69, 9.17) is 5.73 Å². The standard InChI is InChI=1S/C26H38N2O/c1-18(2)24-12-19-13-25(15-24,20-6-4-3-5-7-20)17-26(14-19,16-24)23(29)28-22-10-8-21(27)9-11-22/h3-7,18-19,21-22H,8-17,27H2,1-2H3,(H,28,29). The molecule has 6 rings (SSSR count). The first-order valence-corrected chi connectivity index (χ1v) is 12.0. The smallest absolute Gasteiger partial charge is 0.226 e. The first kappa shape index (κ1) is 19.6. The van der Waals surface area contributed by atoms with E-state index in [1.54, 1.807) is 0 Å². The molecule has 3 nitrogen and oxygen atoms in total. The maximum absolute atomic E-state index is 13.8. The van der Waals surface area contributed by atoms with Gasteiger partial charge in [-0.1, -0.05) is 44.2 Å². The number of nitrogens with two attached hydrogens (primary N) is 1. The Labute approximate surface area is 176 Å². The predicted molar refractivity (Wildman–Crippen MR) is 117 cm³/mol. The average molecular weight is 395 g/mol. The molecular weight excluding hydrogens is 356 g/mol. The van der Waals surface area contributed by atoms with Crippen molar-refractivity contribution in [2.45, 2.75) is 95.6 Å². The van der Waals surface area contributed by atoms with Crippen LogP contribution >= 0.6 is 0 Å². The number of benzene rings is 1. The van der Waals surface area contributed by atoms with Crippen molar-refractivity contribution in [1.82, 2.24) is 5.32 Å². The van der Waals surface area contributed by atoms with Crippen molar-refractivity contribution in [1.29, 1.82) is 0 Å². The van der Waals surface area contributed by atoms with Crippen LogP contribution in [0.4, 0.5) is 0 Å². The summed E-state index contributed by atoms with van der Waals surface area (Å²) in [7, 11) is 0. The minimum atomic E-state index is -0.168. The van der Waals surface area contributed by atoms with Gasteiger partial charge in [0.1, 0.15) is 0 Å². The molecule has 5 fully saturated rings. The molecule has 0 heterocycles. The second kappa shape index (κ2) is 6.83. The molecule has 3 heteroatoms. The predicted octanol–water partition coefficient (Wildman–Crippen LogP) is 4.94. The summed E-state index contributed by atoms with van der Waals surface area (Å²) >= 11 is 0. The second-order valence-electron chi connectivity index (χ2n) is 11.5. The summed E-state index contributed by atoms with van der Waals surface area (Å²) in [6, 6.07) is 11.8. The highest BCUT2D eigenvalue weighted by atomic mass is 16.2. The molecule has 0 radical (unpaired) electrons. The third-order valence-corrected chi connectivity index (χ3v) is 9.31. The molecule has 4 bridgehead atoms. The average Bonchev–Trinajstić information content (AvgIpc) is 2.69. The van der Waals surface area contributed by atoms with E-state index in [0.717, 1.165) is 44.9 Å². The minimum absolute atomic E-state index is 0.168. The number of carbonyl (C=O) groups is 1. The van der Waals surface area contributed by atoms with Crippen molar-refractivity contribution >= 4 is 5.91 Å². The largest absolute Gasteiger partial charge is 0.353 e. The van der Waals surface area contributed by atoms with Gasteiger partial charge in [0.2, 0.25) is 5.91 Å². The summed E-state index contributed by atoms with van der Waals surface area (Å²) < 4.78 is 0. The van der Waals surface area contributed by atoms with Crippen LogP contribution in [0.5, 0.6) is 0 Å². The highest BCUT2D eigenvalue weighted by molar-refractivity contribution is 5.84. The monoisotopic (exact) mass is 394 g/mol. The van der Waals surface area contributed by atoms with Gasteiger partial charge in [-0.05, 0) is 92.4 Å². The molecule has 3 N–H and O–H groups in total. The van der Waals surface area contributed by atoms with Gasteiger partial charge in [-0.2, -0.15) is 0 Å². The lowest BCUT2D eigenvalue weighted by atomic mass is 9.36. The zero-order valence-corrected chi connectivity index (χ0v) is 18.3. The van der Waals surface area contributed by atoms with Crippen molar-refractivity contribution in [2.24, 2.45) is 28.4 Å². The summed E-state index contributed by atoms with van der Waals surface area (Å²) in [5, 5.41) is 3.53. The molecule has 158 valence electrons. The van der Waals surface area contributed by atoms with Crippen molar-refractivity contribution in [3.63, 3.8) is 0 Å². The van der Waals surface area contributed by atoms with E-state index in [1.807, 2.05) is 0 Å². The van der Waals surface area contributed by atoms with Gasteiger partial charge in [-0.3, -0.25) is 4.79 Å². The molecule has 1 amide bonds. The van der Waals surface area contributed by atoms with Gasteiger partial charge >= 0.3 is 0 Å². The number of amides is 1. The van der Waals surface area contributed by atoms with Crippen LogP contribution < -0.4 is 11.1 Å². The summed E-state index contributed by atoms with van der Waals surface area (Å²) in [5.74, 6) is 1.70. The Morgan fingerprint density at radius 3 is 2.41 bits per heavy atom. The zero-order valence-electron chi connectivity index (χ0n) is 18.3. The van der Waals surface area contributed by atoms with E-state index < -0.39 is 0 Å². The van der Waals surface area contributed by atoms with Crippen LogP contribution in [0.25, 0.3) is 0 Å². The number of carbonyl (C=O) groups excluding carboxylic acids is 1. The van der Waals surface area contributed by atoms with Crippen molar-refractivity contribution in [3.8, 4) is 0 Å². The fourth-order valence-electron chi connectivity index (χ4n) is 8.13. The summed E-state index contributed by atoms with van der Waals surface area (Å²) in [4.78, 5) is 13.8. The Balaban J connectivity index is 1.47. The van der Waals surface area contributed by atoms with Crippen LogP contribution in [0.2, 0.25) is 0 Å². The van der Waals surface area contributed by atoms with Crippen LogP contribution in [-0.2, 0) is 10.2 Å². The first-order chi connectivity index (χ1) is 13.8. The molecule has 1 aromatic carbocycles. The SMILES string of the molecule is CC(C)C12CC3CC(C(=O)NC4CCC(N)CC4)(CC(c4ccccc4)(C3)C1)C2. The molecule has 0 aliphatic heterocycles. The lowest BCUT2D eigenvalue weighted by Gasteiger charge is -2.67. The third-order valence-electron chi connectivity index (χ3n) is 9.31. The third kappa shape index (κ3) is 3.15. The molecule has 0 spiro atoms. The zero-order chi connectivity index (χ0) is 20.3. The summed E-state index contributed by atoms with van der Waals surface area (Å²) in [6.07, 6.45) is 11.3. The van der Waals surface area contributed by atoms with E-state index >= 15 is 0 Å². The quantitative estimate of drug-likeness (QED) is 0.760. The Kier molecular flexibility index (Phi) is 4.62. The number of rotatable bonds is 4. The molecule has 0 aromatic heterocycles.